The summed E-state index contributed by atoms with van der Waals surface area (Å²) < 4.78 is 26.5. The van der Waals surface area contributed by atoms with Crippen LogP contribution in [0.4, 0.5) is 0 Å². The largest absolute Gasteiger partial charge is 0.316 e. The number of hydrogen-bond donors (Lipinski definition) is 2. The van der Waals surface area contributed by atoms with Crippen LogP contribution in [0.25, 0.3) is 0 Å². The lowest BCUT2D eigenvalue weighted by atomic mass is 10.1. The first kappa shape index (κ1) is 14.2. The Hall–Kier alpha value is -0.910. The minimum absolute atomic E-state index is 0.108. The van der Waals surface area contributed by atoms with Crippen molar-refractivity contribution in [2.45, 2.75) is 31.7 Å². The number of benzene rings is 1. The van der Waals surface area contributed by atoms with E-state index in [9.17, 15) is 8.42 Å². The Morgan fingerprint density at radius 3 is 2.41 bits per heavy atom. The van der Waals surface area contributed by atoms with E-state index in [1.54, 1.807) is 19.2 Å². The molecule has 0 spiro atoms. The summed E-state index contributed by atoms with van der Waals surface area (Å²) in [6.07, 6.45) is 0. The molecule has 4 nitrogen and oxygen atoms in total. The topological polar surface area (TPSA) is 58.2 Å². The summed E-state index contributed by atoms with van der Waals surface area (Å²) in [5.74, 6) is 0. The van der Waals surface area contributed by atoms with Crippen molar-refractivity contribution in [1.29, 1.82) is 0 Å². The molecule has 1 aromatic carbocycles. The minimum atomic E-state index is -3.39. The van der Waals surface area contributed by atoms with E-state index in [0.717, 1.165) is 11.1 Å². The van der Waals surface area contributed by atoms with Gasteiger partial charge >= 0.3 is 0 Å². The molecule has 0 aliphatic carbocycles. The summed E-state index contributed by atoms with van der Waals surface area (Å²) in [5, 5.41) is 2.98. The van der Waals surface area contributed by atoms with Crippen LogP contribution in [-0.2, 0) is 10.0 Å². The van der Waals surface area contributed by atoms with Crippen molar-refractivity contribution in [2.75, 3.05) is 13.6 Å². The number of likely N-dealkylation sites (N-methyl/N-ethyl adjacent to an activating group) is 1. The van der Waals surface area contributed by atoms with Crippen LogP contribution >= 0.6 is 0 Å². The highest BCUT2D eigenvalue weighted by molar-refractivity contribution is 7.89. The van der Waals surface area contributed by atoms with Gasteiger partial charge in [0.2, 0.25) is 10.0 Å². The van der Waals surface area contributed by atoms with Gasteiger partial charge in [-0.05, 0) is 51.1 Å². The van der Waals surface area contributed by atoms with Crippen LogP contribution < -0.4 is 10.0 Å². The van der Waals surface area contributed by atoms with Gasteiger partial charge in [0, 0.05) is 12.6 Å². The van der Waals surface area contributed by atoms with Crippen LogP contribution in [0, 0.1) is 13.8 Å². The lowest BCUT2D eigenvalue weighted by Gasteiger charge is -2.12. The Kier molecular flexibility index (Phi) is 4.68. The van der Waals surface area contributed by atoms with Crippen molar-refractivity contribution >= 4 is 10.0 Å². The quantitative estimate of drug-likeness (QED) is 0.832. The zero-order valence-electron chi connectivity index (χ0n) is 10.7. The summed E-state index contributed by atoms with van der Waals surface area (Å²) in [7, 11) is -1.59. The summed E-state index contributed by atoms with van der Waals surface area (Å²) in [4.78, 5) is 0.323. The number of rotatable bonds is 5. The van der Waals surface area contributed by atoms with Gasteiger partial charge in [-0.3, -0.25) is 0 Å². The summed E-state index contributed by atoms with van der Waals surface area (Å²) in [6, 6.07) is 5.26. The van der Waals surface area contributed by atoms with Crippen LogP contribution in [0.3, 0.4) is 0 Å². The normalized spacial score (nSPS) is 13.6. The molecule has 1 aromatic rings. The Bertz CT molecular complexity index is 483. The van der Waals surface area contributed by atoms with E-state index in [2.05, 4.69) is 10.0 Å². The summed E-state index contributed by atoms with van der Waals surface area (Å²) in [6.45, 7) is 6.17. The predicted molar refractivity (Wildman–Crippen MR) is 69.6 cm³/mol. The zero-order valence-corrected chi connectivity index (χ0v) is 11.6. The Labute approximate surface area is 103 Å². The number of aryl methyl sites for hydroxylation is 2. The number of nitrogens with one attached hydrogen (secondary N) is 2. The van der Waals surface area contributed by atoms with Crippen LogP contribution in [0.5, 0.6) is 0 Å². The first-order valence-electron chi connectivity index (χ1n) is 5.61. The molecule has 0 radical (unpaired) electrons. The van der Waals surface area contributed by atoms with E-state index in [1.807, 2.05) is 26.8 Å². The van der Waals surface area contributed by atoms with Gasteiger partial charge in [-0.15, -0.1) is 0 Å². The van der Waals surface area contributed by atoms with Gasteiger partial charge in [0.1, 0.15) is 0 Å². The molecule has 0 saturated heterocycles. The molecule has 0 bridgehead atoms. The first-order chi connectivity index (χ1) is 7.86. The van der Waals surface area contributed by atoms with Crippen LogP contribution in [0.1, 0.15) is 18.1 Å². The van der Waals surface area contributed by atoms with Crippen LogP contribution in [0.15, 0.2) is 23.1 Å². The van der Waals surface area contributed by atoms with Crippen molar-refractivity contribution in [3.8, 4) is 0 Å². The maximum absolute atomic E-state index is 12.0. The van der Waals surface area contributed by atoms with Gasteiger partial charge in [-0.1, -0.05) is 6.07 Å². The second-order valence-electron chi connectivity index (χ2n) is 4.29. The first-order valence-corrected chi connectivity index (χ1v) is 7.09. The van der Waals surface area contributed by atoms with Crippen molar-refractivity contribution in [1.82, 2.24) is 10.0 Å². The highest BCUT2D eigenvalue weighted by Gasteiger charge is 2.14. The molecular weight excluding hydrogens is 236 g/mol. The molecular formula is C12H20N2O2S. The van der Waals surface area contributed by atoms with Crippen LogP contribution in [0.2, 0.25) is 0 Å². The predicted octanol–water partition coefficient (Wildman–Crippen LogP) is 1.19. The van der Waals surface area contributed by atoms with E-state index in [-0.39, 0.29) is 6.04 Å². The molecule has 1 rings (SSSR count). The third-order valence-corrected chi connectivity index (χ3v) is 4.28. The van der Waals surface area contributed by atoms with Gasteiger partial charge in [0.05, 0.1) is 4.90 Å². The Morgan fingerprint density at radius 1 is 1.24 bits per heavy atom. The highest BCUT2D eigenvalue weighted by atomic mass is 32.2. The van der Waals surface area contributed by atoms with E-state index in [4.69, 9.17) is 0 Å². The SMILES string of the molecule is CNC(C)CNS(=O)(=O)c1ccc(C)c(C)c1. The maximum Gasteiger partial charge on any atom is 0.240 e. The molecule has 0 aliphatic rings. The maximum atomic E-state index is 12.0. The molecule has 96 valence electrons. The molecule has 0 saturated carbocycles. The van der Waals surface area contributed by atoms with Crippen LogP contribution in [-0.4, -0.2) is 28.1 Å². The fourth-order valence-electron chi connectivity index (χ4n) is 1.30. The summed E-state index contributed by atoms with van der Waals surface area (Å²) >= 11 is 0. The average Bonchev–Trinajstić information content (AvgIpc) is 2.29. The third kappa shape index (κ3) is 3.80. The van der Waals surface area contributed by atoms with Crippen molar-refractivity contribution in [2.24, 2.45) is 0 Å². The summed E-state index contributed by atoms with van der Waals surface area (Å²) in [5.41, 5.74) is 2.07. The highest BCUT2D eigenvalue weighted by Crippen LogP contribution is 2.14. The number of sulfonamides is 1. The fourth-order valence-corrected chi connectivity index (χ4v) is 2.52. The second-order valence-corrected chi connectivity index (χ2v) is 6.05. The molecule has 0 aliphatic heterocycles. The van der Waals surface area contributed by atoms with Gasteiger partial charge in [0.15, 0.2) is 0 Å². The Morgan fingerprint density at radius 2 is 1.88 bits per heavy atom. The van der Waals surface area contributed by atoms with E-state index >= 15 is 0 Å². The van der Waals surface area contributed by atoms with Crippen molar-refractivity contribution < 1.29 is 8.42 Å². The van der Waals surface area contributed by atoms with E-state index < -0.39 is 10.0 Å². The van der Waals surface area contributed by atoms with Crippen molar-refractivity contribution in [3.63, 3.8) is 0 Å². The molecule has 1 unspecified atom stereocenters. The Balaban J connectivity index is 2.86. The fraction of sp³-hybridized carbons (Fsp3) is 0.500. The van der Waals surface area contributed by atoms with Gasteiger partial charge in [-0.25, -0.2) is 13.1 Å². The molecule has 17 heavy (non-hydrogen) atoms. The molecule has 5 heteroatoms. The van der Waals surface area contributed by atoms with Gasteiger partial charge < -0.3 is 5.32 Å². The second kappa shape index (κ2) is 5.62. The lowest BCUT2D eigenvalue weighted by molar-refractivity contribution is 0.554. The minimum Gasteiger partial charge on any atom is -0.316 e. The van der Waals surface area contributed by atoms with Gasteiger partial charge in [-0.2, -0.15) is 0 Å². The van der Waals surface area contributed by atoms with Gasteiger partial charge in [0.25, 0.3) is 0 Å². The smallest absolute Gasteiger partial charge is 0.240 e. The molecule has 0 amide bonds. The number of hydrogen-bond acceptors (Lipinski definition) is 3. The lowest BCUT2D eigenvalue weighted by Crippen LogP contribution is -2.37. The molecule has 0 fully saturated rings. The van der Waals surface area contributed by atoms with E-state index in [1.165, 1.54) is 0 Å². The van der Waals surface area contributed by atoms with Crippen molar-refractivity contribution in [3.05, 3.63) is 29.3 Å². The molecule has 2 N–H and O–H groups in total. The monoisotopic (exact) mass is 256 g/mol. The average molecular weight is 256 g/mol. The third-order valence-electron chi connectivity index (χ3n) is 2.86. The molecule has 0 aromatic heterocycles. The zero-order chi connectivity index (χ0) is 13.1. The molecule has 1 atom stereocenters. The molecule has 0 heterocycles. The van der Waals surface area contributed by atoms with E-state index in [0.29, 0.717) is 11.4 Å². The standard InChI is InChI=1S/C12H20N2O2S/c1-9-5-6-12(7-10(9)2)17(15,16)14-8-11(3)13-4/h5-7,11,13-14H,8H2,1-4H3.